The van der Waals surface area contributed by atoms with Crippen LogP contribution in [-0.4, -0.2) is 22.7 Å². The molecule has 1 aromatic carbocycles. The van der Waals surface area contributed by atoms with Gasteiger partial charge in [-0.15, -0.1) is 11.8 Å². The molecule has 0 aromatic heterocycles. The van der Waals surface area contributed by atoms with Crippen molar-refractivity contribution in [2.75, 3.05) is 11.1 Å². The summed E-state index contributed by atoms with van der Waals surface area (Å²) in [6.45, 7) is 0. The lowest BCUT2D eigenvalue weighted by Gasteiger charge is -2.20. The van der Waals surface area contributed by atoms with Crippen molar-refractivity contribution in [2.45, 2.75) is 37.9 Å². The van der Waals surface area contributed by atoms with Gasteiger partial charge in [-0.1, -0.05) is 31.4 Å². The Morgan fingerprint density at radius 2 is 2.00 bits per heavy atom. The summed E-state index contributed by atoms with van der Waals surface area (Å²) in [5.41, 5.74) is 1.83. The van der Waals surface area contributed by atoms with Crippen molar-refractivity contribution in [3.63, 3.8) is 0 Å². The first-order valence-electron chi connectivity index (χ1n) is 7.34. The molecule has 0 saturated heterocycles. The quantitative estimate of drug-likeness (QED) is 0.844. The SMILES string of the molecule is O=C(O)CSCc1cccc(NC(=O)C2CCCCC2)c1. The first kappa shape index (κ1) is 15.9. The minimum atomic E-state index is -0.804. The molecule has 1 aliphatic carbocycles. The molecule has 1 saturated carbocycles. The number of carboxylic acids is 1. The van der Waals surface area contributed by atoms with Gasteiger partial charge in [0, 0.05) is 17.4 Å². The average molecular weight is 307 g/mol. The topological polar surface area (TPSA) is 66.4 Å². The lowest BCUT2D eigenvalue weighted by atomic mass is 9.88. The van der Waals surface area contributed by atoms with Crippen LogP contribution in [0.3, 0.4) is 0 Å². The van der Waals surface area contributed by atoms with Crippen molar-refractivity contribution in [1.82, 2.24) is 0 Å². The lowest BCUT2D eigenvalue weighted by Crippen LogP contribution is -2.24. The van der Waals surface area contributed by atoms with Crippen LogP contribution in [0.2, 0.25) is 0 Å². The zero-order valence-corrected chi connectivity index (χ0v) is 12.8. The third-order valence-corrected chi connectivity index (χ3v) is 4.65. The second-order valence-corrected chi connectivity index (χ2v) is 6.40. The van der Waals surface area contributed by atoms with Crippen molar-refractivity contribution < 1.29 is 14.7 Å². The Kier molecular flexibility index (Phi) is 6.11. The molecule has 1 aromatic rings. The summed E-state index contributed by atoms with van der Waals surface area (Å²) < 4.78 is 0. The van der Waals surface area contributed by atoms with Crippen LogP contribution in [0.4, 0.5) is 5.69 Å². The summed E-state index contributed by atoms with van der Waals surface area (Å²) in [6.07, 6.45) is 5.49. The standard InChI is InChI=1S/C16H21NO3S/c18-15(19)11-21-10-12-5-4-8-14(9-12)17-16(20)13-6-2-1-3-7-13/h4-5,8-9,13H,1-3,6-7,10-11H2,(H,17,20)(H,18,19). The molecule has 0 bridgehead atoms. The molecule has 0 aliphatic heterocycles. The number of aliphatic carboxylic acids is 1. The van der Waals surface area contributed by atoms with Crippen LogP contribution in [0.25, 0.3) is 0 Å². The average Bonchev–Trinajstić information content (AvgIpc) is 2.48. The summed E-state index contributed by atoms with van der Waals surface area (Å²) in [5.74, 6) is 0.188. The highest BCUT2D eigenvalue weighted by Crippen LogP contribution is 2.25. The van der Waals surface area contributed by atoms with E-state index in [0.29, 0.717) is 5.75 Å². The van der Waals surface area contributed by atoms with Crippen LogP contribution in [0.5, 0.6) is 0 Å². The van der Waals surface area contributed by atoms with Crippen molar-refractivity contribution in [2.24, 2.45) is 5.92 Å². The van der Waals surface area contributed by atoms with Crippen molar-refractivity contribution >= 4 is 29.3 Å². The number of nitrogens with one attached hydrogen (secondary N) is 1. The van der Waals surface area contributed by atoms with Crippen LogP contribution < -0.4 is 5.32 Å². The molecule has 5 heteroatoms. The molecule has 114 valence electrons. The van der Waals surface area contributed by atoms with E-state index in [1.165, 1.54) is 18.2 Å². The van der Waals surface area contributed by atoms with E-state index in [1.807, 2.05) is 24.3 Å². The summed E-state index contributed by atoms with van der Waals surface area (Å²) in [4.78, 5) is 22.7. The Morgan fingerprint density at radius 1 is 1.24 bits per heavy atom. The largest absolute Gasteiger partial charge is 0.481 e. The maximum atomic E-state index is 12.2. The van der Waals surface area contributed by atoms with Crippen LogP contribution in [-0.2, 0) is 15.3 Å². The highest BCUT2D eigenvalue weighted by atomic mass is 32.2. The molecule has 1 aliphatic rings. The maximum absolute atomic E-state index is 12.2. The predicted octanol–water partition coefficient (Wildman–Crippen LogP) is 3.52. The molecule has 4 nitrogen and oxygen atoms in total. The number of anilines is 1. The molecule has 1 amide bonds. The molecule has 2 rings (SSSR count). The molecular formula is C16H21NO3S. The van der Waals surface area contributed by atoms with Gasteiger partial charge in [0.1, 0.15) is 0 Å². The van der Waals surface area contributed by atoms with Gasteiger partial charge >= 0.3 is 5.97 Å². The fourth-order valence-corrected chi connectivity index (χ4v) is 3.30. The number of rotatable bonds is 6. The summed E-state index contributed by atoms with van der Waals surface area (Å²) in [5, 5.41) is 11.6. The van der Waals surface area contributed by atoms with E-state index >= 15 is 0 Å². The second kappa shape index (κ2) is 8.08. The number of amides is 1. The van der Waals surface area contributed by atoms with Crippen molar-refractivity contribution in [3.05, 3.63) is 29.8 Å². The summed E-state index contributed by atoms with van der Waals surface area (Å²) in [7, 11) is 0. The number of hydrogen-bond donors (Lipinski definition) is 2. The van der Waals surface area contributed by atoms with Gasteiger partial charge in [0.25, 0.3) is 0 Å². The molecular weight excluding hydrogens is 286 g/mol. The molecule has 0 atom stereocenters. The van der Waals surface area contributed by atoms with E-state index in [2.05, 4.69) is 5.32 Å². The zero-order valence-electron chi connectivity index (χ0n) is 12.0. The molecule has 0 unspecified atom stereocenters. The Balaban J connectivity index is 1.87. The molecule has 1 fully saturated rings. The van der Waals surface area contributed by atoms with Gasteiger partial charge in [-0.2, -0.15) is 0 Å². The van der Waals surface area contributed by atoms with Gasteiger partial charge < -0.3 is 10.4 Å². The fourth-order valence-electron chi connectivity index (χ4n) is 2.60. The van der Waals surface area contributed by atoms with Gasteiger partial charge in [0.2, 0.25) is 5.91 Å². The molecule has 2 N–H and O–H groups in total. The van der Waals surface area contributed by atoms with Gasteiger partial charge in [-0.3, -0.25) is 9.59 Å². The van der Waals surface area contributed by atoms with Crippen LogP contribution in [0.1, 0.15) is 37.7 Å². The number of thioether (sulfide) groups is 1. The normalized spacial score (nSPS) is 15.6. The van der Waals surface area contributed by atoms with Gasteiger partial charge in [0.05, 0.1) is 5.75 Å². The fraction of sp³-hybridized carbons (Fsp3) is 0.500. The van der Waals surface area contributed by atoms with Crippen molar-refractivity contribution in [3.8, 4) is 0 Å². The molecule has 0 heterocycles. The van der Waals surface area contributed by atoms with E-state index in [4.69, 9.17) is 5.11 Å². The monoisotopic (exact) mass is 307 g/mol. The van der Waals surface area contributed by atoms with Crippen molar-refractivity contribution in [1.29, 1.82) is 0 Å². The van der Waals surface area contributed by atoms with Gasteiger partial charge in [0.15, 0.2) is 0 Å². The Bertz CT molecular complexity index is 498. The molecule has 21 heavy (non-hydrogen) atoms. The highest BCUT2D eigenvalue weighted by molar-refractivity contribution is 7.99. The Hall–Kier alpha value is -1.49. The number of carbonyl (C=O) groups excluding carboxylic acids is 1. The minimum Gasteiger partial charge on any atom is -0.481 e. The Labute approximate surface area is 129 Å². The molecule has 0 spiro atoms. The second-order valence-electron chi connectivity index (χ2n) is 5.41. The summed E-state index contributed by atoms with van der Waals surface area (Å²) in [6, 6.07) is 7.65. The highest BCUT2D eigenvalue weighted by Gasteiger charge is 2.20. The predicted molar refractivity (Wildman–Crippen MR) is 85.4 cm³/mol. The lowest BCUT2D eigenvalue weighted by molar-refractivity contribution is -0.133. The maximum Gasteiger partial charge on any atom is 0.313 e. The van der Waals surface area contributed by atoms with Crippen LogP contribution in [0.15, 0.2) is 24.3 Å². The molecule has 0 radical (unpaired) electrons. The number of benzene rings is 1. The van der Waals surface area contributed by atoms with Gasteiger partial charge in [-0.25, -0.2) is 0 Å². The van der Waals surface area contributed by atoms with E-state index < -0.39 is 5.97 Å². The van der Waals surface area contributed by atoms with E-state index in [1.54, 1.807) is 0 Å². The number of carboxylic acid groups (broad SMARTS) is 1. The van der Waals surface area contributed by atoms with Crippen LogP contribution >= 0.6 is 11.8 Å². The minimum absolute atomic E-state index is 0.0959. The zero-order chi connectivity index (χ0) is 15.1. The van der Waals surface area contributed by atoms with Gasteiger partial charge in [-0.05, 0) is 30.5 Å². The third kappa shape index (κ3) is 5.42. The van der Waals surface area contributed by atoms with Crippen LogP contribution in [0, 0.1) is 5.92 Å². The summed E-state index contributed by atoms with van der Waals surface area (Å²) >= 11 is 1.36. The first-order chi connectivity index (χ1) is 10.1. The smallest absolute Gasteiger partial charge is 0.313 e. The van der Waals surface area contributed by atoms with E-state index in [-0.39, 0.29) is 17.6 Å². The number of hydrogen-bond acceptors (Lipinski definition) is 3. The first-order valence-corrected chi connectivity index (χ1v) is 8.50. The van der Waals surface area contributed by atoms with E-state index in [0.717, 1.165) is 36.9 Å². The Morgan fingerprint density at radius 3 is 2.71 bits per heavy atom. The third-order valence-electron chi connectivity index (χ3n) is 3.66. The number of carbonyl (C=O) groups is 2. The van der Waals surface area contributed by atoms with E-state index in [9.17, 15) is 9.59 Å².